The maximum Gasteiger partial charge on any atom is 0.254 e. The number of carbonyl (C=O) groups is 2. The third-order valence-electron chi connectivity index (χ3n) is 4.87. The van der Waals surface area contributed by atoms with Crippen LogP contribution in [0.4, 0.5) is 14.6 Å². The van der Waals surface area contributed by atoms with E-state index in [1.165, 1.54) is 6.92 Å². The van der Waals surface area contributed by atoms with E-state index in [2.05, 4.69) is 20.8 Å². The smallest absolute Gasteiger partial charge is 0.254 e. The Bertz CT molecular complexity index is 1170. The van der Waals surface area contributed by atoms with Gasteiger partial charge in [0.25, 0.3) is 5.91 Å². The van der Waals surface area contributed by atoms with Gasteiger partial charge in [0.05, 0.1) is 10.4 Å². The predicted octanol–water partition coefficient (Wildman–Crippen LogP) is 4.55. The van der Waals surface area contributed by atoms with E-state index in [9.17, 15) is 23.5 Å². The third-order valence-corrected chi connectivity index (χ3v) is 6.36. The Morgan fingerprint density at radius 2 is 1.71 bits per heavy atom. The van der Waals surface area contributed by atoms with Gasteiger partial charge in [0, 0.05) is 22.1 Å². The molecule has 2 atom stereocenters. The van der Waals surface area contributed by atoms with Gasteiger partial charge in [0.15, 0.2) is 11.9 Å². The van der Waals surface area contributed by atoms with Gasteiger partial charge in [-0.1, -0.05) is 11.6 Å². The summed E-state index contributed by atoms with van der Waals surface area (Å²) in [6.07, 6.45) is -1.84. The van der Waals surface area contributed by atoms with Crippen LogP contribution in [-0.4, -0.2) is 33.2 Å². The minimum atomic E-state index is -1.84. The van der Waals surface area contributed by atoms with Gasteiger partial charge in [0.2, 0.25) is 5.91 Å². The van der Waals surface area contributed by atoms with Crippen LogP contribution in [0.1, 0.15) is 38.1 Å². The van der Waals surface area contributed by atoms with Crippen LogP contribution in [-0.2, 0) is 14.3 Å². The Morgan fingerprint density at radius 1 is 1.09 bits per heavy atom. The zero-order chi connectivity index (χ0) is 25.0. The van der Waals surface area contributed by atoms with Crippen molar-refractivity contribution in [2.24, 2.45) is 0 Å². The summed E-state index contributed by atoms with van der Waals surface area (Å²) in [6, 6.07) is 10.3. The standard InChI is InChI=1S/C23H23ClF2N4O3S/c1-12(27-22(33)20(31)13-8-15(25)10-16(26)9-13)21(32)28-19-11-18(29-30-19)23(2,3)34-17-6-4-14(24)5-7-17/h4-12,20,31H,1-3H3,(H,27,33)(H2,28,29,30,32)/t12-,20-/m0/s1. The Hall–Kier alpha value is -2.95. The van der Waals surface area contributed by atoms with E-state index in [0.29, 0.717) is 11.1 Å². The molecule has 7 nitrogen and oxygen atoms in total. The number of anilines is 1. The highest BCUT2D eigenvalue weighted by Gasteiger charge is 2.27. The van der Waals surface area contributed by atoms with Crippen molar-refractivity contribution >= 4 is 41.0 Å². The molecule has 0 saturated carbocycles. The van der Waals surface area contributed by atoms with Crippen molar-refractivity contribution in [2.75, 3.05) is 5.32 Å². The van der Waals surface area contributed by atoms with Crippen LogP contribution in [0.2, 0.25) is 5.02 Å². The van der Waals surface area contributed by atoms with Crippen molar-refractivity contribution in [1.82, 2.24) is 15.5 Å². The maximum absolute atomic E-state index is 13.3. The van der Waals surface area contributed by atoms with Crippen molar-refractivity contribution in [2.45, 2.75) is 42.6 Å². The highest BCUT2D eigenvalue weighted by Crippen LogP contribution is 2.40. The number of hydrogen-bond donors (Lipinski definition) is 4. The lowest BCUT2D eigenvalue weighted by molar-refractivity contribution is -0.132. The number of benzene rings is 2. The SMILES string of the molecule is C[C@H](NC(=O)[C@@H](O)c1cc(F)cc(F)c1)C(=O)Nc1cc(C(C)(C)Sc2ccc(Cl)cc2)[nH]n1. The molecule has 0 aliphatic carbocycles. The molecule has 180 valence electrons. The fraction of sp³-hybridized carbons (Fsp3) is 0.261. The zero-order valence-corrected chi connectivity index (χ0v) is 20.1. The lowest BCUT2D eigenvalue weighted by atomic mass is 10.1. The van der Waals surface area contributed by atoms with Crippen molar-refractivity contribution in [3.05, 3.63) is 76.4 Å². The first kappa shape index (κ1) is 25.7. The average Bonchev–Trinajstić information content (AvgIpc) is 3.23. The van der Waals surface area contributed by atoms with Gasteiger partial charge in [-0.05, 0) is 62.7 Å². The van der Waals surface area contributed by atoms with Crippen LogP contribution < -0.4 is 10.6 Å². The molecule has 0 aliphatic heterocycles. The van der Waals surface area contributed by atoms with Crippen molar-refractivity contribution in [3.63, 3.8) is 0 Å². The van der Waals surface area contributed by atoms with Crippen molar-refractivity contribution in [1.29, 1.82) is 0 Å². The first-order valence-electron chi connectivity index (χ1n) is 10.2. The summed E-state index contributed by atoms with van der Waals surface area (Å²) in [7, 11) is 0. The molecular formula is C23H23ClF2N4O3S. The average molecular weight is 509 g/mol. The first-order valence-corrected chi connectivity index (χ1v) is 11.4. The van der Waals surface area contributed by atoms with E-state index in [0.717, 1.165) is 22.7 Å². The fourth-order valence-corrected chi connectivity index (χ4v) is 4.23. The van der Waals surface area contributed by atoms with Gasteiger partial charge in [-0.15, -0.1) is 11.8 Å². The van der Waals surface area contributed by atoms with Gasteiger partial charge in [-0.2, -0.15) is 5.10 Å². The summed E-state index contributed by atoms with van der Waals surface area (Å²) in [5, 5.41) is 22.6. The molecule has 3 aromatic rings. The van der Waals surface area contributed by atoms with Crippen LogP contribution in [0.25, 0.3) is 0 Å². The summed E-state index contributed by atoms with van der Waals surface area (Å²) < 4.78 is 26.3. The molecule has 34 heavy (non-hydrogen) atoms. The molecule has 2 amide bonds. The summed E-state index contributed by atoms with van der Waals surface area (Å²) >= 11 is 7.51. The lowest BCUT2D eigenvalue weighted by Crippen LogP contribution is -2.43. The number of hydrogen-bond acceptors (Lipinski definition) is 5. The van der Waals surface area contributed by atoms with Crippen LogP contribution in [0.3, 0.4) is 0 Å². The quantitative estimate of drug-likeness (QED) is 0.334. The van der Waals surface area contributed by atoms with Gasteiger partial charge in [-0.3, -0.25) is 14.7 Å². The summed E-state index contributed by atoms with van der Waals surface area (Å²) in [5.74, 6) is -3.18. The van der Waals surface area contributed by atoms with Crippen LogP contribution >= 0.6 is 23.4 Å². The van der Waals surface area contributed by atoms with Crippen molar-refractivity contribution < 1.29 is 23.5 Å². The third kappa shape index (κ3) is 6.55. The van der Waals surface area contributed by atoms with Gasteiger partial charge < -0.3 is 15.7 Å². The van der Waals surface area contributed by atoms with E-state index in [1.807, 2.05) is 26.0 Å². The second-order valence-electron chi connectivity index (χ2n) is 8.06. The number of aliphatic hydroxyl groups is 1. The monoisotopic (exact) mass is 508 g/mol. The minimum absolute atomic E-state index is 0.249. The normalized spacial score (nSPS) is 13.3. The molecule has 3 rings (SSSR count). The number of carbonyl (C=O) groups excluding carboxylic acids is 2. The lowest BCUT2D eigenvalue weighted by Gasteiger charge is -2.22. The topological polar surface area (TPSA) is 107 Å². The molecule has 0 fully saturated rings. The molecule has 0 bridgehead atoms. The highest BCUT2D eigenvalue weighted by molar-refractivity contribution is 8.00. The second kappa shape index (κ2) is 10.5. The van der Waals surface area contributed by atoms with Crippen LogP contribution in [0, 0.1) is 11.6 Å². The number of aliphatic hydroxyl groups excluding tert-OH is 1. The number of H-pyrrole nitrogens is 1. The number of rotatable bonds is 8. The number of halogens is 3. The Balaban J connectivity index is 1.60. The number of thioether (sulfide) groups is 1. The summed E-state index contributed by atoms with van der Waals surface area (Å²) in [6.45, 7) is 5.38. The van der Waals surface area contributed by atoms with Crippen LogP contribution in [0.15, 0.2) is 53.4 Å². The first-order chi connectivity index (χ1) is 15.9. The minimum Gasteiger partial charge on any atom is -0.378 e. The molecule has 1 aromatic heterocycles. The van der Waals surface area contributed by atoms with E-state index in [1.54, 1.807) is 30.0 Å². The highest BCUT2D eigenvalue weighted by atomic mass is 35.5. The number of nitrogens with zero attached hydrogens (tertiary/aromatic N) is 1. The molecular weight excluding hydrogens is 486 g/mol. The Kier molecular flexibility index (Phi) is 7.96. The molecule has 0 saturated heterocycles. The second-order valence-corrected chi connectivity index (χ2v) is 10.2. The number of nitrogens with one attached hydrogen (secondary N) is 3. The fourth-order valence-electron chi connectivity index (χ4n) is 3.02. The number of aromatic amines is 1. The van der Waals surface area contributed by atoms with E-state index in [-0.39, 0.29) is 11.4 Å². The zero-order valence-electron chi connectivity index (χ0n) is 18.5. The molecule has 4 N–H and O–H groups in total. The Labute approximate surface area is 204 Å². The summed E-state index contributed by atoms with van der Waals surface area (Å²) in [5.41, 5.74) is 0.489. The van der Waals surface area contributed by atoms with Gasteiger partial charge >= 0.3 is 0 Å². The van der Waals surface area contributed by atoms with E-state index < -0.39 is 40.3 Å². The molecule has 0 radical (unpaired) electrons. The molecule has 2 aromatic carbocycles. The number of amides is 2. The van der Waals surface area contributed by atoms with Crippen molar-refractivity contribution in [3.8, 4) is 0 Å². The molecule has 0 unspecified atom stereocenters. The Morgan fingerprint density at radius 3 is 2.32 bits per heavy atom. The maximum atomic E-state index is 13.3. The van der Waals surface area contributed by atoms with Gasteiger partial charge in [-0.25, -0.2) is 8.78 Å². The van der Waals surface area contributed by atoms with E-state index >= 15 is 0 Å². The molecule has 0 aliphatic rings. The van der Waals surface area contributed by atoms with Gasteiger partial charge in [0.1, 0.15) is 17.7 Å². The molecule has 0 spiro atoms. The molecule has 1 heterocycles. The summed E-state index contributed by atoms with van der Waals surface area (Å²) in [4.78, 5) is 25.7. The van der Waals surface area contributed by atoms with E-state index in [4.69, 9.17) is 11.6 Å². The van der Waals surface area contributed by atoms with Crippen LogP contribution in [0.5, 0.6) is 0 Å². The largest absolute Gasteiger partial charge is 0.378 e. The molecule has 11 heteroatoms. The number of aromatic nitrogens is 2. The predicted molar refractivity (Wildman–Crippen MR) is 126 cm³/mol.